The topological polar surface area (TPSA) is 280 Å². The van der Waals surface area contributed by atoms with Crippen LogP contribution in [0.2, 0.25) is 5.02 Å². The van der Waals surface area contributed by atoms with E-state index in [9.17, 15) is 56.7 Å². The van der Waals surface area contributed by atoms with E-state index in [0.29, 0.717) is 79.6 Å². The monoisotopic (exact) mass is 1100 g/mol. The number of ether oxygens (including phenoxy) is 1. The van der Waals surface area contributed by atoms with Gasteiger partial charge in [-0.25, -0.2) is 4.39 Å². The maximum absolute atomic E-state index is 15.5. The third-order valence-electron chi connectivity index (χ3n) is 14.8. The molecule has 5 aliphatic rings. The number of benzene rings is 3. The Balaban J connectivity index is 0.819. The number of nitrogens with two attached hydrogens (primary N) is 1. The first-order valence-electron chi connectivity index (χ1n) is 24.9. The summed E-state index contributed by atoms with van der Waals surface area (Å²) in [6.45, 7) is 2.98. The fourth-order valence-electron chi connectivity index (χ4n) is 10.7. The quantitative estimate of drug-likeness (QED) is 0.0628. The Morgan fingerprint density at radius 3 is 2.47 bits per heavy atom. The van der Waals surface area contributed by atoms with Crippen molar-refractivity contribution in [3.8, 4) is 5.75 Å². The van der Waals surface area contributed by atoms with E-state index in [0.717, 1.165) is 18.2 Å². The van der Waals surface area contributed by atoms with Crippen LogP contribution in [0.4, 0.5) is 18.9 Å². The van der Waals surface area contributed by atoms with E-state index in [1.165, 1.54) is 21.9 Å². The molecule has 3 aromatic carbocycles. The van der Waals surface area contributed by atoms with E-state index in [1.807, 2.05) is 11.0 Å². The van der Waals surface area contributed by atoms with Crippen molar-refractivity contribution in [1.82, 2.24) is 40.5 Å². The molecule has 4 fully saturated rings. The highest BCUT2D eigenvalue weighted by Crippen LogP contribution is 2.59. The zero-order chi connectivity index (χ0) is 54.4. The first-order valence-corrected chi connectivity index (χ1v) is 26.9. The van der Waals surface area contributed by atoms with Gasteiger partial charge < -0.3 is 55.5 Å². The molecule has 21 nitrogen and oxygen atoms in total. The number of rotatable bonds is 16. The van der Waals surface area contributed by atoms with Crippen LogP contribution >= 0.6 is 19.2 Å². The summed E-state index contributed by atoms with van der Waals surface area (Å²) in [4.78, 5) is 122. The van der Waals surface area contributed by atoms with E-state index >= 15 is 4.39 Å². The molecule has 8 N–H and O–H groups in total. The smallest absolute Gasteiger partial charge is 0.399 e. The molecule has 4 aromatic rings. The van der Waals surface area contributed by atoms with Gasteiger partial charge in [0.2, 0.25) is 29.5 Å². The molecule has 1 aromatic heterocycles. The highest BCUT2D eigenvalue weighted by Gasteiger charge is 2.51. The lowest BCUT2D eigenvalue weighted by molar-refractivity contribution is -0.143. The summed E-state index contributed by atoms with van der Waals surface area (Å²) in [7, 11) is -4.07. The molecular formula is C50H57ClF3N10O11P. The van der Waals surface area contributed by atoms with Gasteiger partial charge in [-0.3, -0.25) is 48.3 Å². The first kappa shape index (κ1) is 54.2. The summed E-state index contributed by atoms with van der Waals surface area (Å²) >= 11 is 6.98. The number of anilines is 1. The number of nitrogens with zero attached hydrogens (tertiary/aromatic N) is 5. The Kier molecular flexibility index (Phi) is 15.6. The summed E-state index contributed by atoms with van der Waals surface area (Å²) in [5.74, 6) is -4.02. The molecule has 26 heteroatoms. The molecule has 0 saturated carbocycles. The molecule has 4 saturated heterocycles. The number of imide groups is 1. The fourth-order valence-corrected chi connectivity index (χ4v) is 11.5. The van der Waals surface area contributed by atoms with Crippen molar-refractivity contribution in [2.24, 2.45) is 5.73 Å². The van der Waals surface area contributed by atoms with Crippen molar-refractivity contribution >= 4 is 77.1 Å². The number of primary amides is 1. The molecule has 76 heavy (non-hydrogen) atoms. The molecule has 9 rings (SSSR count). The second-order valence-corrected chi connectivity index (χ2v) is 22.0. The van der Waals surface area contributed by atoms with Crippen LogP contribution in [0, 0.1) is 5.82 Å². The Hall–Kier alpha value is -6.56. The van der Waals surface area contributed by atoms with E-state index in [-0.39, 0.29) is 80.1 Å². The van der Waals surface area contributed by atoms with Crippen LogP contribution in [-0.4, -0.2) is 159 Å². The average molecular weight is 1100 g/mol. The number of nitrogens with one attached hydrogen (secondary N) is 4. The lowest BCUT2D eigenvalue weighted by Crippen LogP contribution is -2.60. The van der Waals surface area contributed by atoms with Gasteiger partial charge in [0.1, 0.15) is 47.0 Å². The minimum absolute atomic E-state index is 0.0703. The zero-order valence-electron chi connectivity index (χ0n) is 41.2. The van der Waals surface area contributed by atoms with Gasteiger partial charge in [0.05, 0.1) is 11.7 Å². The number of halogens is 4. The number of aromatic nitrogens is 1. The Morgan fingerprint density at radius 2 is 1.75 bits per heavy atom. The molecule has 5 atom stereocenters. The van der Waals surface area contributed by atoms with Gasteiger partial charge in [0.25, 0.3) is 11.8 Å². The van der Waals surface area contributed by atoms with Crippen molar-refractivity contribution in [1.29, 1.82) is 0 Å². The number of likely N-dealkylation sites (N-methyl/N-ethyl adjacent to an activating group) is 1. The van der Waals surface area contributed by atoms with Gasteiger partial charge in [0, 0.05) is 92.3 Å². The number of alkyl halides is 2. The molecule has 0 aliphatic carbocycles. The summed E-state index contributed by atoms with van der Waals surface area (Å²) in [6.07, 6.45) is 1.63. The number of piperazine rings is 1. The van der Waals surface area contributed by atoms with E-state index in [2.05, 4.69) is 30.7 Å². The predicted octanol–water partition coefficient (Wildman–Crippen LogP) is 2.89. The Labute approximate surface area is 438 Å². The van der Waals surface area contributed by atoms with Crippen LogP contribution in [0.1, 0.15) is 82.5 Å². The Bertz CT molecular complexity index is 3040. The molecule has 0 bridgehead atoms. The highest BCUT2D eigenvalue weighted by molar-refractivity contribution is 7.52. The van der Waals surface area contributed by atoms with Crippen molar-refractivity contribution in [3.05, 3.63) is 93.4 Å². The van der Waals surface area contributed by atoms with E-state index in [1.54, 1.807) is 25.2 Å². The normalized spacial score (nSPS) is 22.2. The van der Waals surface area contributed by atoms with Crippen LogP contribution < -0.4 is 31.3 Å². The third-order valence-corrected chi connectivity index (χ3v) is 16.2. The third kappa shape index (κ3) is 11.3. The van der Waals surface area contributed by atoms with Crippen LogP contribution in [0.15, 0.2) is 54.6 Å². The number of carbonyl (C=O) groups is 7. The molecule has 6 heterocycles. The van der Waals surface area contributed by atoms with E-state index in [4.69, 9.17) is 22.1 Å². The minimum Gasteiger partial charge on any atom is -0.490 e. The number of amides is 7. The molecule has 406 valence electrons. The standard InChI is InChI=1S/C50H57ClF3N10O11P/c1-60-14-13-32-7-9-40(64(32)49(71)37(25-60)58-45(67)36-21-27-20-30(5-8-35(27)57-36)50(53,54)76(72,73)74)47(69)56-31(6-11-42(55)65)26-75-41-4-2-3-38(44(41)51)62-17-15-61(16-18-62)23-29-19-28-24-63(48(70)33(28)22-34(29)52)39-10-12-43(66)59-46(39)68/h2-5,8,19-22,31-32,37,39-40,57H,6-7,9-18,23-26H2,1H3,(H2,55,65)(H,56,69)(H,58,67)(H,59,66,68)(H2,72,73,74)/t31-,32+,37-,39?,40-/m0/s1. The van der Waals surface area contributed by atoms with Crippen LogP contribution in [0.25, 0.3) is 10.9 Å². The largest absolute Gasteiger partial charge is 0.490 e. The van der Waals surface area contributed by atoms with Gasteiger partial charge >= 0.3 is 13.3 Å². The SMILES string of the molecule is CN1CC[C@H]2CC[C@@H](C(=O)N[C@@H](CCC(N)=O)COc3cccc(N4CCN(Cc5cc6c(cc5F)C(=O)N(C5CCC(=O)NC5=O)C6)CC4)c3Cl)N2C(=O)[C@@H](NC(=O)c2cc3cc(C(F)(F)P(=O)(O)O)ccc3[nH]2)C1. The Morgan fingerprint density at radius 1 is 0.987 bits per heavy atom. The number of carbonyl (C=O) groups excluding carboxylic acids is 7. The number of aromatic amines is 1. The van der Waals surface area contributed by atoms with Gasteiger partial charge in [-0.2, -0.15) is 8.78 Å². The average Bonchev–Trinajstić information content (AvgIpc) is 4.09. The molecule has 7 amide bonds. The lowest BCUT2D eigenvalue weighted by atomic mass is 10.0. The summed E-state index contributed by atoms with van der Waals surface area (Å²) in [6, 6.07) is 8.22. The van der Waals surface area contributed by atoms with Gasteiger partial charge in [-0.1, -0.05) is 23.7 Å². The predicted molar refractivity (Wildman–Crippen MR) is 269 cm³/mol. The number of fused-ring (bicyclic) bond motifs is 3. The first-order chi connectivity index (χ1) is 36.1. The van der Waals surface area contributed by atoms with Crippen LogP contribution in [-0.2, 0) is 47.3 Å². The van der Waals surface area contributed by atoms with Gasteiger partial charge in [-0.05, 0) is 93.7 Å². The van der Waals surface area contributed by atoms with Crippen LogP contribution in [0.5, 0.6) is 5.75 Å². The maximum Gasteiger partial charge on any atom is 0.399 e. The minimum atomic E-state index is -5.86. The summed E-state index contributed by atoms with van der Waals surface area (Å²) in [5.41, 5.74) is 2.13. The molecule has 0 spiro atoms. The van der Waals surface area contributed by atoms with Gasteiger partial charge in [0.15, 0.2) is 0 Å². The highest BCUT2D eigenvalue weighted by atomic mass is 35.5. The molecular weight excluding hydrogens is 1040 g/mol. The summed E-state index contributed by atoms with van der Waals surface area (Å²) in [5, 5.41) is 8.33. The maximum atomic E-state index is 15.5. The number of hydrogen-bond acceptors (Lipinski definition) is 12. The second-order valence-electron chi connectivity index (χ2n) is 20.0. The molecule has 5 aliphatic heterocycles. The summed E-state index contributed by atoms with van der Waals surface area (Å²) < 4.78 is 62.2. The molecule has 0 radical (unpaired) electrons. The second kappa shape index (κ2) is 21.8. The van der Waals surface area contributed by atoms with Crippen LogP contribution in [0.3, 0.4) is 0 Å². The molecule has 1 unspecified atom stereocenters. The van der Waals surface area contributed by atoms with Crippen molar-refractivity contribution in [3.63, 3.8) is 0 Å². The van der Waals surface area contributed by atoms with Crippen molar-refractivity contribution < 1.29 is 65.8 Å². The number of piperidine rings is 1. The number of H-pyrrole nitrogens is 1. The van der Waals surface area contributed by atoms with Crippen molar-refractivity contribution in [2.45, 2.75) is 93.9 Å². The zero-order valence-corrected chi connectivity index (χ0v) is 42.9. The van der Waals surface area contributed by atoms with Gasteiger partial charge in [-0.15, -0.1) is 0 Å². The number of hydrogen-bond donors (Lipinski definition) is 7. The fraction of sp³-hybridized carbons (Fsp3) is 0.460. The van der Waals surface area contributed by atoms with E-state index < -0.39 is 90.2 Å². The van der Waals surface area contributed by atoms with Crippen molar-refractivity contribution in [2.75, 3.05) is 57.8 Å². The lowest BCUT2D eigenvalue weighted by Gasteiger charge is -2.38.